The highest BCUT2D eigenvalue weighted by molar-refractivity contribution is 5.83. The van der Waals surface area contributed by atoms with Gasteiger partial charge in [0.05, 0.1) is 0 Å². The number of ether oxygens (including phenoxy) is 1. The van der Waals surface area contributed by atoms with Gasteiger partial charge in [0, 0.05) is 26.3 Å². The Labute approximate surface area is 119 Å². The molecule has 114 valence electrons. The summed E-state index contributed by atoms with van der Waals surface area (Å²) in [5.74, 6) is -0.527. The molecule has 6 heteroatoms. The van der Waals surface area contributed by atoms with Gasteiger partial charge in [-0.05, 0) is 31.6 Å². The van der Waals surface area contributed by atoms with E-state index in [1.165, 1.54) is 0 Å². The standard InChI is InChI=1S/C14H24N2O4/c1-20-8-4-7-15-14(19)16-11-6-3-2-5-10(11)9-12(16)13(17)18/h10-12H,2-9H2,1H3,(H,15,19)(H,17,18). The number of carboxylic acids is 1. The van der Waals surface area contributed by atoms with Gasteiger partial charge in [-0.1, -0.05) is 12.8 Å². The van der Waals surface area contributed by atoms with Crippen LogP contribution in [0.15, 0.2) is 0 Å². The zero-order valence-electron chi connectivity index (χ0n) is 12.0. The lowest BCUT2D eigenvalue weighted by Crippen LogP contribution is -2.50. The molecule has 1 saturated carbocycles. The van der Waals surface area contributed by atoms with Crippen molar-refractivity contribution in [3.63, 3.8) is 0 Å². The second kappa shape index (κ2) is 6.92. The maximum absolute atomic E-state index is 12.3. The van der Waals surface area contributed by atoms with Gasteiger partial charge in [0.2, 0.25) is 0 Å². The Kier molecular flexibility index (Phi) is 5.23. The number of nitrogens with one attached hydrogen (secondary N) is 1. The van der Waals surface area contributed by atoms with E-state index < -0.39 is 12.0 Å². The Bertz CT molecular complexity index is 361. The van der Waals surface area contributed by atoms with Crippen LogP contribution in [-0.4, -0.2) is 54.4 Å². The average molecular weight is 284 g/mol. The second-order valence-corrected chi connectivity index (χ2v) is 5.69. The highest BCUT2D eigenvalue weighted by atomic mass is 16.5. The maximum Gasteiger partial charge on any atom is 0.326 e. The van der Waals surface area contributed by atoms with Crippen molar-refractivity contribution in [1.82, 2.24) is 10.2 Å². The molecule has 1 aliphatic carbocycles. The lowest BCUT2D eigenvalue weighted by molar-refractivity contribution is -0.141. The van der Waals surface area contributed by atoms with Gasteiger partial charge in [0.25, 0.3) is 0 Å². The minimum atomic E-state index is -0.883. The molecule has 1 saturated heterocycles. The molecule has 0 spiro atoms. The Balaban J connectivity index is 1.97. The molecule has 2 amide bonds. The first-order valence-corrected chi connectivity index (χ1v) is 7.43. The van der Waals surface area contributed by atoms with Crippen LogP contribution in [-0.2, 0) is 9.53 Å². The Morgan fingerprint density at radius 1 is 1.35 bits per heavy atom. The Hall–Kier alpha value is -1.30. The van der Waals surface area contributed by atoms with E-state index in [2.05, 4.69) is 5.32 Å². The third-order valence-corrected chi connectivity index (χ3v) is 4.41. The number of urea groups is 1. The zero-order chi connectivity index (χ0) is 14.5. The SMILES string of the molecule is COCCCNC(=O)N1C(C(=O)O)CC2CCCCC21. The van der Waals surface area contributed by atoms with Crippen LogP contribution in [0.2, 0.25) is 0 Å². The van der Waals surface area contributed by atoms with Crippen LogP contribution in [0.25, 0.3) is 0 Å². The zero-order valence-corrected chi connectivity index (χ0v) is 12.0. The monoisotopic (exact) mass is 284 g/mol. The van der Waals surface area contributed by atoms with Gasteiger partial charge in [0.15, 0.2) is 0 Å². The van der Waals surface area contributed by atoms with Crippen molar-refractivity contribution in [2.75, 3.05) is 20.3 Å². The summed E-state index contributed by atoms with van der Waals surface area (Å²) in [6, 6.07) is -0.791. The Morgan fingerprint density at radius 3 is 2.80 bits per heavy atom. The van der Waals surface area contributed by atoms with Crippen LogP contribution in [0.1, 0.15) is 38.5 Å². The van der Waals surface area contributed by atoms with Gasteiger partial charge in [-0.2, -0.15) is 0 Å². The van der Waals surface area contributed by atoms with Crippen LogP contribution < -0.4 is 5.32 Å². The number of rotatable bonds is 5. The number of carboxylic acid groups (broad SMARTS) is 1. The first-order chi connectivity index (χ1) is 9.65. The third kappa shape index (κ3) is 3.23. The van der Waals surface area contributed by atoms with Crippen LogP contribution in [0.3, 0.4) is 0 Å². The molecule has 2 N–H and O–H groups in total. The molecule has 1 heterocycles. The molecule has 2 fully saturated rings. The van der Waals surface area contributed by atoms with Gasteiger partial charge >= 0.3 is 12.0 Å². The van der Waals surface area contributed by atoms with Crippen molar-refractivity contribution in [3.05, 3.63) is 0 Å². The fourth-order valence-electron chi connectivity index (χ4n) is 3.48. The number of carbonyl (C=O) groups is 2. The number of methoxy groups -OCH3 is 1. The summed E-state index contributed by atoms with van der Waals surface area (Å²) in [7, 11) is 1.62. The molecule has 0 aromatic rings. The lowest BCUT2D eigenvalue weighted by Gasteiger charge is -2.32. The van der Waals surface area contributed by atoms with Crippen LogP contribution in [0.4, 0.5) is 4.79 Å². The molecule has 20 heavy (non-hydrogen) atoms. The summed E-state index contributed by atoms with van der Waals surface area (Å²) < 4.78 is 4.94. The highest BCUT2D eigenvalue weighted by Crippen LogP contribution is 2.39. The highest BCUT2D eigenvalue weighted by Gasteiger charge is 2.47. The minimum Gasteiger partial charge on any atom is -0.480 e. The van der Waals surface area contributed by atoms with E-state index in [1.54, 1.807) is 12.0 Å². The van der Waals surface area contributed by atoms with E-state index in [-0.39, 0.29) is 12.1 Å². The minimum absolute atomic E-state index is 0.104. The number of fused-ring (bicyclic) bond motifs is 1. The first kappa shape index (κ1) is 15.1. The number of carbonyl (C=O) groups excluding carboxylic acids is 1. The first-order valence-electron chi connectivity index (χ1n) is 7.43. The fraction of sp³-hybridized carbons (Fsp3) is 0.857. The molecule has 3 atom stereocenters. The number of aliphatic carboxylic acids is 1. The summed E-state index contributed by atoms with van der Waals surface area (Å²) >= 11 is 0. The summed E-state index contributed by atoms with van der Waals surface area (Å²) in [6.45, 7) is 1.11. The van der Waals surface area contributed by atoms with Crippen molar-refractivity contribution in [2.24, 2.45) is 5.92 Å². The normalized spacial score (nSPS) is 29.1. The van der Waals surface area contributed by atoms with Crippen molar-refractivity contribution in [3.8, 4) is 0 Å². The summed E-state index contributed by atoms with van der Waals surface area (Å²) in [5, 5.41) is 12.2. The molecule has 0 bridgehead atoms. The average Bonchev–Trinajstić information content (AvgIpc) is 2.83. The van der Waals surface area contributed by atoms with E-state index in [4.69, 9.17) is 4.74 Å². The smallest absolute Gasteiger partial charge is 0.326 e. The van der Waals surface area contributed by atoms with E-state index >= 15 is 0 Å². The van der Waals surface area contributed by atoms with Crippen LogP contribution in [0.5, 0.6) is 0 Å². The quantitative estimate of drug-likeness (QED) is 0.749. The molecule has 1 aliphatic heterocycles. The topological polar surface area (TPSA) is 78.9 Å². The van der Waals surface area contributed by atoms with Gasteiger partial charge < -0.3 is 20.1 Å². The van der Waals surface area contributed by atoms with E-state index in [0.29, 0.717) is 25.5 Å². The van der Waals surface area contributed by atoms with Gasteiger partial charge in [-0.3, -0.25) is 0 Å². The molecule has 2 aliphatic rings. The van der Waals surface area contributed by atoms with Gasteiger partial charge in [0.1, 0.15) is 6.04 Å². The van der Waals surface area contributed by atoms with Crippen LogP contribution in [0, 0.1) is 5.92 Å². The van der Waals surface area contributed by atoms with Crippen LogP contribution >= 0.6 is 0 Å². The number of nitrogens with zero attached hydrogens (tertiary/aromatic N) is 1. The van der Waals surface area contributed by atoms with Gasteiger partial charge in [-0.15, -0.1) is 0 Å². The summed E-state index contributed by atoms with van der Waals surface area (Å²) in [4.78, 5) is 25.3. The maximum atomic E-state index is 12.3. The molecule has 3 unspecified atom stereocenters. The number of amides is 2. The molecule has 2 rings (SSSR count). The Morgan fingerprint density at radius 2 is 2.10 bits per heavy atom. The molecule has 0 aromatic carbocycles. The fourth-order valence-corrected chi connectivity index (χ4v) is 3.48. The number of hydrogen-bond acceptors (Lipinski definition) is 3. The molecular weight excluding hydrogens is 260 g/mol. The molecule has 6 nitrogen and oxygen atoms in total. The van der Waals surface area contributed by atoms with Crippen molar-refractivity contribution >= 4 is 12.0 Å². The number of likely N-dealkylation sites (tertiary alicyclic amines) is 1. The second-order valence-electron chi connectivity index (χ2n) is 5.69. The molecule has 0 radical (unpaired) electrons. The largest absolute Gasteiger partial charge is 0.480 e. The third-order valence-electron chi connectivity index (χ3n) is 4.41. The van der Waals surface area contributed by atoms with Gasteiger partial charge in [-0.25, -0.2) is 9.59 Å². The van der Waals surface area contributed by atoms with Crippen molar-refractivity contribution < 1.29 is 19.4 Å². The van der Waals surface area contributed by atoms with E-state index in [1.807, 2.05) is 0 Å². The summed E-state index contributed by atoms with van der Waals surface area (Å²) in [5.41, 5.74) is 0. The number of hydrogen-bond donors (Lipinski definition) is 2. The predicted octanol–water partition coefficient (Wildman–Crippen LogP) is 1.45. The predicted molar refractivity (Wildman–Crippen MR) is 73.5 cm³/mol. The summed E-state index contributed by atoms with van der Waals surface area (Å²) in [6.07, 6.45) is 5.55. The van der Waals surface area contributed by atoms with Crippen molar-refractivity contribution in [2.45, 2.75) is 50.6 Å². The lowest BCUT2D eigenvalue weighted by atomic mass is 9.85. The van der Waals surface area contributed by atoms with E-state index in [9.17, 15) is 14.7 Å². The van der Waals surface area contributed by atoms with E-state index in [0.717, 1.165) is 32.1 Å². The molecule has 0 aromatic heterocycles. The van der Waals surface area contributed by atoms with Crippen molar-refractivity contribution in [1.29, 1.82) is 0 Å². The molecular formula is C14H24N2O4.